The van der Waals surface area contributed by atoms with Crippen molar-refractivity contribution in [2.24, 2.45) is 5.73 Å². The van der Waals surface area contributed by atoms with Gasteiger partial charge in [0.25, 0.3) is 6.47 Å². The van der Waals surface area contributed by atoms with Gasteiger partial charge in [-0.3, -0.25) is 10.2 Å². The van der Waals surface area contributed by atoms with Crippen molar-refractivity contribution in [3.8, 4) is 0 Å². The molecule has 1 atom stereocenters. The molecule has 0 amide bonds. The molecule has 1 aliphatic rings. The zero-order valence-corrected chi connectivity index (χ0v) is 20.5. The first kappa shape index (κ1) is 29.7. The minimum atomic E-state index is -0.422. The molecule has 1 aromatic carbocycles. The zero-order valence-electron chi connectivity index (χ0n) is 20.5. The molecule has 0 bridgehead atoms. The van der Waals surface area contributed by atoms with Crippen LogP contribution in [0.4, 0.5) is 0 Å². The van der Waals surface area contributed by atoms with E-state index >= 15 is 0 Å². The maximum Gasteiger partial charge on any atom is 0.293 e. The van der Waals surface area contributed by atoms with Crippen molar-refractivity contribution in [1.82, 2.24) is 10.6 Å². The third-order valence-corrected chi connectivity index (χ3v) is 4.98. The van der Waals surface area contributed by atoms with Crippen LogP contribution in [0, 0.1) is 10.8 Å². The van der Waals surface area contributed by atoms with Gasteiger partial charge in [0.15, 0.2) is 0 Å². The van der Waals surface area contributed by atoms with Gasteiger partial charge in [-0.1, -0.05) is 44.5 Å². The molecule has 0 saturated carbocycles. The summed E-state index contributed by atoms with van der Waals surface area (Å²) in [6, 6.07) is 7.93. The lowest BCUT2D eigenvalue weighted by Gasteiger charge is -2.25. The molecule has 7 heteroatoms. The quantitative estimate of drug-likeness (QED) is 0.292. The fourth-order valence-electron chi connectivity index (χ4n) is 3.52. The summed E-state index contributed by atoms with van der Waals surface area (Å²) in [5.41, 5.74) is 9.42. The number of hydrogen-bond acceptors (Lipinski definition) is 7. The monoisotopic (exact) mass is 445 g/mol. The second-order valence-electron chi connectivity index (χ2n) is 7.33. The van der Waals surface area contributed by atoms with Crippen LogP contribution < -0.4 is 16.4 Å². The average Bonchev–Trinajstić information content (AvgIpc) is 2.78. The second kappa shape index (κ2) is 18.2. The highest BCUT2D eigenvalue weighted by molar-refractivity contribution is 6.15. The fraction of sp³-hybridized carbons (Fsp3) is 0.560. The van der Waals surface area contributed by atoms with Crippen LogP contribution >= 0.6 is 0 Å². The van der Waals surface area contributed by atoms with E-state index in [9.17, 15) is 4.79 Å². The van der Waals surface area contributed by atoms with Crippen molar-refractivity contribution in [3.05, 3.63) is 46.5 Å². The number of likely N-dealkylation sites (N-methyl/N-ethyl adjacent to an activating group) is 1. The molecular weight excluding hydrogens is 402 g/mol. The highest BCUT2D eigenvalue weighted by atomic mass is 16.5. The summed E-state index contributed by atoms with van der Waals surface area (Å²) >= 11 is 0. The number of carbonyl (C=O) groups excluding carboxylic acids is 1. The molecule has 0 aliphatic heterocycles. The van der Waals surface area contributed by atoms with Gasteiger partial charge in [-0.05, 0) is 63.4 Å². The molecule has 2 rings (SSSR count). The van der Waals surface area contributed by atoms with Gasteiger partial charge in [0, 0.05) is 30.9 Å². The highest BCUT2D eigenvalue weighted by Gasteiger charge is 2.25. The highest BCUT2D eigenvalue weighted by Crippen LogP contribution is 2.28. The zero-order chi connectivity index (χ0) is 24.4. The Morgan fingerprint density at radius 2 is 1.78 bits per heavy atom. The topological polar surface area (TPSA) is 124 Å². The van der Waals surface area contributed by atoms with Gasteiger partial charge in [-0.2, -0.15) is 0 Å². The lowest BCUT2D eigenvalue weighted by molar-refractivity contribution is -0.132. The van der Waals surface area contributed by atoms with E-state index in [0.29, 0.717) is 29.9 Å². The molecule has 0 radical (unpaired) electrons. The largest absolute Gasteiger partial charge is 0.460 e. The third-order valence-electron chi connectivity index (χ3n) is 4.98. The molecule has 1 aliphatic carbocycles. The third kappa shape index (κ3) is 10.3. The Balaban J connectivity index is 0.00000121. The second-order valence-corrected chi connectivity index (χ2v) is 7.33. The van der Waals surface area contributed by atoms with Crippen molar-refractivity contribution in [1.29, 1.82) is 10.8 Å². The number of allylic oxidation sites excluding steroid dienone is 1. The molecule has 7 nitrogen and oxygen atoms in total. The van der Waals surface area contributed by atoms with Gasteiger partial charge in [-0.25, -0.2) is 0 Å². The average molecular weight is 446 g/mol. The smallest absolute Gasteiger partial charge is 0.293 e. The van der Waals surface area contributed by atoms with Gasteiger partial charge in [0.2, 0.25) is 0 Å². The van der Waals surface area contributed by atoms with E-state index in [0.717, 1.165) is 62.0 Å². The Labute approximate surface area is 194 Å². The first-order valence-electron chi connectivity index (χ1n) is 11.5. The van der Waals surface area contributed by atoms with Crippen molar-refractivity contribution in [3.63, 3.8) is 0 Å². The predicted molar refractivity (Wildman–Crippen MR) is 135 cm³/mol. The lowest BCUT2D eigenvalue weighted by Crippen LogP contribution is -2.25. The summed E-state index contributed by atoms with van der Waals surface area (Å²) in [4.78, 5) is 10.9. The summed E-state index contributed by atoms with van der Waals surface area (Å²) in [7, 11) is 3.79. The van der Waals surface area contributed by atoms with Gasteiger partial charge in [-0.15, -0.1) is 0 Å². The van der Waals surface area contributed by atoms with Crippen LogP contribution in [0.15, 0.2) is 35.4 Å². The number of rotatable bonds is 9. The van der Waals surface area contributed by atoms with Gasteiger partial charge < -0.3 is 26.5 Å². The summed E-state index contributed by atoms with van der Waals surface area (Å²) in [6.45, 7) is 8.61. The molecule has 32 heavy (non-hydrogen) atoms. The van der Waals surface area contributed by atoms with Crippen LogP contribution in [0.5, 0.6) is 0 Å². The van der Waals surface area contributed by atoms with Gasteiger partial charge in [0.05, 0.1) is 5.71 Å². The number of hydrogen-bond donors (Lipinski definition) is 5. The van der Waals surface area contributed by atoms with Crippen LogP contribution in [0.2, 0.25) is 0 Å². The van der Waals surface area contributed by atoms with E-state index in [-0.39, 0.29) is 0 Å². The summed E-state index contributed by atoms with van der Waals surface area (Å²) in [6.07, 6.45) is 4.02. The standard InChI is InChI=1S/C20H27N3O2.C3H10N2.C2H6/c1-14(21)19-17(6-4-3-5-7-18(19)25-13-24)20(22)16-10-8-15(9-11-16)12-23-2;1-5-3-2-4;1-2/h8-11,13,18,21-23H,3-7,12H2,1-2H3;5H,2-4H2,1H3;1-2H3/b19-17+,21-14?,22-20?;;. The van der Waals surface area contributed by atoms with E-state index in [4.69, 9.17) is 21.3 Å². The predicted octanol–water partition coefficient (Wildman–Crippen LogP) is 3.81. The van der Waals surface area contributed by atoms with E-state index in [1.165, 1.54) is 0 Å². The summed E-state index contributed by atoms with van der Waals surface area (Å²) in [5, 5.41) is 22.9. The minimum Gasteiger partial charge on any atom is -0.460 e. The Hall–Kier alpha value is -2.35. The number of benzene rings is 1. The van der Waals surface area contributed by atoms with Crippen molar-refractivity contribution < 1.29 is 9.53 Å². The van der Waals surface area contributed by atoms with Crippen molar-refractivity contribution in [2.75, 3.05) is 27.2 Å². The molecule has 1 unspecified atom stereocenters. The van der Waals surface area contributed by atoms with Crippen molar-refractivity contribution in [2.45, 2.75) is 65.5 Å². The summed E-state index contributed by atoms with van der Waals surface area (Å²) < 4.78 is 5.28. The lowest BCUT2D eigenvalue weighted by atomic mass is 9.85. The van der Waals surface area contributed by atoms with Gasteiger partial charge in [0.1, 0.15) is 6.10 Å². The fourth-order valence-corrected chi connectivity index (χ4v) is 3.52. The van der Waals surface area contributed by atoms with E-state index < -0.39 is 6.10 Å². The van der Waals surface area contributed by atoms with E-state index in [1.54, 1.807) is 6.92 Å². The number of carbonyl (C=O) groups is 1. The minimum absolute atomic E-state index is 0.375. The molecule has 0 saturated heterocycles. The molecule has 0 aromatic heterocycles. The van der Waals surface area contributed by atoms with Crippen molar-refractivity contribution >= 4 is 17.9 Å². The van der Waals surface area contributed by atoms with Crippen LogP contribution in [0.3, 0.4) is 0 Å². The summed E-state index contributed by atoms with van der Waals surface area (Å²) in [5.74, 6) is 0. The first-order valence-corrected chi connectivity index (χ1v) is 11.5. The SMILES string of the molecule is CC.CNCCN.CNCc1ccc(C(=N)/C2=C(\C(C)=N)C(OC=O)CCCCC2)cc1. The van der Waals surface area contributed by atoms with E-state index in [1.807, 2.05) is 52.2 Å². The first-order chi connectivity index (χ1) is 15.5. The normalized spacial score (nSPS) is 18.0. The molecule has 0 spiro atoms. The molecule has 1 aromatic rings. The molecule has 0 heterocycles. The molecule has 180 valence electrons. The Kier molecular flexibility index (Phi) is 16.9. The Morgan fingerprint density at radius 1 is 1.12 bits per heavy atom. The van der Waals surface area contributed by atoms with Crippen LogP contribution in [0.25, 0.3) is 0 Å². The number of nitrogens with two attached hydrogens (primary N) is 1. The molecule has 0 fully saturated rings. The van der Waals surface area contributed by atoms with E-state index in [2.05, 4.69) is 10.6 Å². The Bertz CT molecular complexity index is 712. The van der Waals surface area contributed by atoms with Crippen LogP contribution in [-0.4, -0.2) is 51.2 Å². The molecule has 6 N–H and O–H groups in total. The molecular formula is C25H43N5O2. The number of ether oxygens (including phenoxy) is 1. The maximum absolute atomic E-state index is 10.9. The Morgan fingerprint density at radius 3 is 2.25 bits per heavy atom. The van der Waals surface area contributed by atoms with Crippen LogP contribution in [0.1, 0.15) is 64.0 Å². The maximum atomic E-state index is 10.9. The van der Waals surface area contributed by atoms with Gasteiger partial charge >= 0.3 is 0 Å². The van der Waals surface area contributed by atoms with Crippen LogP contribution in [-0.2, 0) is 16.1 Å². The number of nitrogens with one attached hydrogen (secondary N) is 4.